The van der Waals surface area contributed by atoms with Crippen LogP contribution in [0.15, 0.2) is 30.3 Å². The number of carbonyl (C=O) groups is 3. The van der Waals surface area contributed by atoms with E-state index >= 15 is 0 Å². The van der Waals surface area contributed by atoms with E-state index in [1.807, 2.05) is 0 Å². The zero-order valence-corrected chi connectivity index (χ0v) is 25.8. The largest absolute Gasteiger partial charge is 0.480 e. The van der Waals surface area contributed by atoms with Crippen LogP contribution in [0.4, 0.5) is 0 Å². The normalized spacial score (nSPS) is 9.85. The Balaban J connectivity index is 0.000000308. The minimum Gasteiger partial charge on any atom is -0.480 e. The Kier molecular flexibility index (Phi) is 16.3. The molecule has 19 heteroatoms. The number of rotatable bonds is 9. The predicted molar refractivity (Wildman–Crippen MR) is 154 cm³/mol. The second-order valence-electron chi connectivity index (χ2n) is 6.72. The van der Waals surface area contributed by atoms with Gasteiger partial charge in [-0.05, 0) is 30.3 Å². The van der Waals surface area contributed by atoms with E-state index in [1.165, 1.54) is 24.3 Å². The van der Waals surface area contributed by atoms with E-state index in [0.717, 1.165) is 0 Å². The molecule has 0 saturated carbocycles. The first kappa shape index (κ1) is 36.7. The third-order valence-electron chi connectivity index (χ3n) is 3.62. The van der Waals surface area contributed by atoms with Crippen LogP contribution in [-0.4, -0.2) is 63.0 Å². The van der Waals surface area contributed by atoms with Crippen LogP contribution in [0.1, 0.15) is 0 Å². The number of hydrogen-bond acceptors (Lipinski definition) is 8. The van der Waals surface area contributed by atoms with Crippen molar-refractivity contribution >= 4 is 111 Å². The lowest BCUT2D eigenvalue weighted by Gasteiger charge is -2.05. The van der Waals surface area contributed by atoms with E-state index in [-0.39, 0.29) is 42.2 Å². The quantitative estimate of drug-likeness (QED) is 0.187. The van der Waals surface area contributed by atoms with Crippen molar-refractivity contribution in [3.8, 4) is 17.5 Å². The van der Waals surface area contributed by atoms with Gasteiger partial charge in [0.2, 0.25) is 11.8 Å². The molecule has 3 aromatic rings. The molecular formula is C22H14Cl8N2O9. The first-order valence-corrected chi connectivity index (χ1v) is 13.1. The van der Waals surface area contributed by atoms with E-state index in [2.05, 4.69) is 9.97 Å². The number of nitrogens with zero attached hydrogens (tertiary/aromatic N) is 2. The molecule has 0 atom stereocenters. The summed E-state index contributed by atoms with van der Waals surface area (Å²) in [5, 5.41) is 26.4. The van der Waals surface area contributed by atoms with Gasteiger partial charge < -0.3 is 29.5 Å². The van der Waals surface area contributed by atoms with Gasteiger partial charge in [-0.2, -0.15) is 9.97 Å². The van der Waals surface area contributed by atoms with Crippen LogP contribution in [0.25, 0.3) is 0 Å². The summed E-state index contributed by atoms with van der Waals surface area (Å²) < 4.78 is 14.4. The second kappa shape index (κ2) is 18.2. The molecule has 3 rings (SSSR count). The lowest BCUT2D eigenvalue weighted by Crippen LogP contribution is -2.10. The van der Waals surface area contributed by atoms with Gasteiger partial charge in [0.25, 0.3) is 0 Å². The zero-order chi connectivity index (χ0) is 31.3. The molecule has 2 aromatic heterocycles. The van der Waals surface area contributed by atoms with Crippen molar-refractivity contribution in [1.82, 2.24) is 9.97 Å². The van der Waals surface area contributed by atoms with Crippen LogP contribution in [0.5, 0.6) is 17.5 Å². The van der Waals surface area contributed by atoms with Crippen molar-refractivity contribution in [2.24, 2.45) is 0 Å². The summed E-state index contributed by atoms with van der Waals surface area (Å²) in [6.07, 6.45) is 0. The van der Waals surface area contributed by atoms with E-state index < -0.39 is 37.7 Å². The van der Waals surface area contributed by atoms with Crippen molar-refractivity contribution in [2.45, 2.75) is 0 Å². The summed E-state index contributed by atoms with van der Waals surface area (Å²) in [5.41, 5.74) is 0. The highest BCUT2D eigenvalue weighted by Gasteiger charge is 2.11. The number of carboxylic acids is 3. The van der Waals surface area contributed by atoms with Gasteiger partial charge in [-0.1, -0.05) is 92.8 Å². The standard InChI is InChI=1S/C8H6Cl2O3.2C7H4Cl3NO3/c9-5-1-2-7(6(10)3-5)13-4-8(11)12;2*8-3-1-4(9)7(11-6(3)10)14-2-5(12)13/h1-3H,4H2,(H,11,12);2*1H,2H2,(H,12,13). The lowest BCUT2D eigenvalue weighted by atomic mass is 10.3. The summed E-state index contributed by atoms with van der Waals surface area (Å²) in [4.78, 5) is 37.8. The molecule has 0 spiro atoms. The molecule has 2 heterocycles. The molecule has 0 aliphatic heterocycles. The Morgan fingerprint density at radius 2 is 0.951 bits per heavy atom. The van der Waals surface area contributed by atoms with Crippen LogP contribution < -0.4 is 14.2 Å². The Hall–Kier alpha value is -2.35. The Morgan fingerprint density at radius 1 is 0.561 bits per heavy atom. The zero-order valence-electron chi connectivity index (χ0n) is 19.7. The van der Waals surface area contributed by atoms with Crippen LogP contribution in [0, 0.1) is 0 Å². The molecule has 222 valence electrons. The first-order chi connectivity index (χ1) is 19.1. The number of halogens is 8. The minimum absolute atomic E-state index is 0.0106. The number of aliphatic carboxylic acids is 3. The van der Waals surface area contributed by atoms with E-state index in [9.17, 15) is 14.4 Å². The molecule has 0 bridgehead atoms. The molecule has 0 saturated heterocycles. The predicted octanol–water partition coefficient (Wildman–Crippen LogP) is 7.47. The lowest BCUT2D eigenvalue weighted by molar-refractivity contribution is -0.140. The maximum atomic E-state index is 10.2. The Labute approximate surface area is 271 Å². The molecule has 11 nitrogen and oxygen atoms in total. The monoisotopic (exact) mass is 730 g/mol. The minimum atomic E-state index is -1.13. The topological polar surface area (TPSA) is 165 Å². The third-order valence-corrected chi connectivity index (χ3v) is 6.04. The van der Waals surface area contributed by atoms with Crippen molar-refractivity contribution in [3.63, 3.8) is 0 Å². The number of benzene rings is 1. The van der Waals surface area contributed by atoms with Crippen LogP contribution >= 0.6 is 92.8 Å². The molecule has 41 heavy (non-hydrogen) atoms. The van der Waals surface area contributed by atoms with Gasteiger partial charge >= 0.3 is 17.9 Å². The summed E-state index contributed by atoms with van der Waals surface area (Å²) in [5.74, 6) is -3.10. The first-order valence-electron chi connectivity index (χ1n) is 10.1. The van der Waals surface area contributed by atoms with Crippen LogP contribution in [-0.2, 0) is 14.4 Å². The highest BCUT2D eigenvalue weighted by Crippen LogP contribution is 2.31. The van der Waals surface area contributed by atoms with E-state index in [4.69, 9.17) is 122 Å². The molecule has 0 fully saturated rings. The van der Waals surface area contributed by atoms with E-state index in [1.54, 1.807) is 6.07 Å². The Bertz CT molecular complexity index is 1320. The molecular weight excluding hydrogens is 720 g/mol. The van der Waals surface area contributed by atoms with Gasteiger partial charge in [0, 0.05) is 5.02 Å². The van der Waals surface area contributed by atoms with Gasteiger partial charge in [0.15, 0.2) is 30.1 Å². The molecule has 0 unspecified atom stereocenters. The molecule has 0 aliphatic rings. The molecule has 3 N–H and O–H groups in total. The number of pyridine rings is 2. The molecule has 1 aromatic carbocycles. The summed E-state index contributed by atoms with van der Waals surface area (Å²) in [6.45, 7) is -1.49. The van der Waals surface area contributed by atoms with Gasteiger partial charge in [-0.15, -0.1) is 0 Å². The van der Waals surface area contributed by atoms with Crippen molar-refractivity contribution in [3.05, 3.63) is 70.8 Å². The Morgan fingerprint density at radius 3 is 1.32 bits per heavy atom. The van der Waals surface area contributed by atoms with Gasteiger partial charge in [-0.25, -0.2) is 14.4 Å². The number of carboxylic acid groups (broad SMARTS) is 3. The van der Waals surface area contributed by atoms with E-state index in [0.29, 0.717) is 15.8 Å². The van der Waals surface area contributed by atoms with Crippen molar-refractivity contribution in [2.75, 3.05) is 19.8 Å². The fourth-order valence-corrected chi connectivity index (χ4v) is 3.60. The molecule has 0 radical (unpaired) electrons. The maximum Gasteiger partial charge on any atom is 0.341 e. The smallest absolute Gasteiger partial charge is 0.341 e. The number of aromatic nitrogens is 2. The van der Waals surface area contributed by atoms with Gasteiger partial charge in [0.05, 0.1) is 15.1 Å². The summed E-state index contributed by atoms with van der Waals surface area (Å²) in [7, 11) is 0. The fraction of sp³-hybridized carbons (Fsp3) is 0.136. The van der Waals surface area contributed by atoms with Gasteiger partial charge in [-0.3, -0.25) is 0 Å². The van der Waals surface area contributed by atoms with Crippen molar-refractivity contribution in [1.29, 1.82) is 0 Å². The molecule has 0 aliphatic carbocycles. The van der Waals surface area contributed by atoms with Gasteiger partial charge in [0.1, 0.15) is 15.8 Å². The molecule has 0 amide bonds. The summed E-state index contributed by atoms with van der Waals surface area (Å²) in [6, 6.07) is 7.24. The third kappa shape index (κ3) is 14.4. The average Bonchev–Trinajstić information content (AvgIpc) is 2.87. The van der Waals surface area contributed by atoms with Crippen LogP contribution in [0.2, 0.25) is 40.4 Å². The maximum absolute atomic E-state index is 10.2. The second-order valence-corrected chi connectivity index (χ2v) is 9.91. The van der Waals surface area contributed by atoms with Crippen LogP contribution in [0.3, 0.4) is 0 Å². The highest BCUT2D eigenvalue weighted by atomic mass is 35.5. The number of ether oxygens (including phenoxy) is 3. The SMILES string of the molecule is O=C(O)COc1ccc(Cl)cc1Cl.O=C(O)COc1nc(Cl)c(Cl)cc1Cl.O=C(O)COc1nc(Cl)c(Cl)cc1Cl. The average molecular weight is 734 g/mol. The highest BCUT2D eigenvalue weighted by molar-refractivity contribution is 6.43. The fourth-order valence-electron chi connectivity index (χ4n) is 2.05. The van der Waals surface area contributed by atoms with Crippen molar-refractivity contribution < 1.29 is 43.9 Å². The number of hydrogen-bond donors (Lipinski definition) is 3. The summed E-state index contributed by atoms with van der Waals surface area (Å²) >= 11 is 45.0.